The van der Waals surface area contributed by atoms with Crippen LogP contribution in [0.2, 0.25) is 5.02 Å². The molecule has 2 N–H and O–H groups in total. The lowest BCUT2D eigenvalue weighted by Gasteiger charge is -2.36. The highest BCUT2D eigenvalue weighted by atomic mass is 35.5. The Labute approximate surface area is 98.0 Å². The molecule has 1 saturated carbocycles. The smallest absolute Gasteiger partial charge is 0.287 e. The van der Waals surface area contributed by atoms with E-state index in [1.807, 2.05) is 0 Å². The van der Waals surface area contributed by atoms with Crippen LogP contribution in [0.15, 0.2) is 11.0 Å². The van der Waals surface area contributed by atoms with Crippen LogP contribution < -0.4 is 10.9 Å². The summed E-state index contributed by atoms with van der Waals surface area (Å²) in [5.74, 6) is 0. The van der Waals surface area contributed by atoms with Crippen LogP contribution in [-0.2, 0) is 7.05 Å². The monoisotopic (exact) mass is 243 g/mol. The molecule has 0 atom stereocenters. The molecule has 0 radical (unpaired) electrons. The number of hydrogen-bond acceptors (Lipinski definition) is 4. The van der Waals surface area contributed by atoms with E-state index in [2.05, 4.69) is 10.4 Å². The summed E-state index contributed by atoms with van der Waals surface area (Å²) in [6, 6.07) is 0. The summed E-state index contributed by atoms with van der Waals surface area (Å²) in [6.45, 7) is 0.404. The Morgan fingerprint density at radius 3 is 2.94 bits per heavy atom. The molecule has 0 saturated heterocycles. The molecule has 16 heavy (non-hydrogen) atoms. The average molecular weight is 244 g/mol. The minimum Gasteiger partial charge on any atom is -0.388 e. The van der Waals surface area contributed by atoms with Gasteiger partial charge in [-0.15, -0.1) is 0 Å². The van der Waals surface area contributed by atoms with E-state index in [0.29, 0.717) is 12.2 Å². The van der Waals surface area contributed by atoms with Crippen LogP contribution in [0.4, 0.5) is 5.69 Å². The first-order valence-electron chi connectivity index (χ1n) is 5.20. The topological polar surface area (TPSA) is 67.2 Å². The van der Waals surface area contributed by atoms with Crippen LogP contribution in [0.3, 0.4) is 0 Å². The van der Waals surface area contributed by atoms with Gasteiger partial charge in [0.2, 0.25) is 0 Å². The summed E-state index contributed by atoms with van der Waals surface area (Å²) in [6.07, 6.45) is 4.11. The number of halogens is 1. The number of nitrogens with one attached hydrogen (secondary N) is 1. The van der Waals surface area contributed by atoms with E-state index in [4.69, 9.17) is 11.6 Å². The molecule has 1 aromatic rings. The fourth-order valence-electron chi connectivity index (χ4n) is 1.66. The molecule has 0 aromatic carbocycles. The van der Waals surface area contributed by atoms with Gasteiger partial charge in [-0.25, -0.2) is 4.68 Å². The SMILES string of the molecule is Cn1ncc(NCC2(O)CCC2)c(Cl)c1=O. The summed E-state index contributed by atoms with van der Waals surface area (Å²) >= 11 is 5.87. The number of nitrogens with zero attached hydrogens (tertiary/aromatic N) is 2. The Kier molecular flexibility index (Phi) is 2.90. The minimum absolute atomic E-state index is 0.112. The average Bonchev–Trinajstić information content (AvgIpc) is 2.22. The Morgan fingerprint density at radius 2 is 2.38 bits per heavy atom. The summed E-state index contributed by atoms with van der Waals surface area (Å²) in [5, 5.41) is 16.8. The van der Waals surface area contributed by atoms with Crippen LogP contribution in [0.5, 0.6) is 0 Å². The minimum atomic E-state index is -0.648. The van der Waals surface area contributed by atoms with Gasteiger partial charge in [0, 0.05) is 13.6 Å². The third-order valence-corrected chi connectivity index (χ3v) is 3.34. The van der Waals surface area contributed by atoms with E-state index >= 15 is 0 Å². The van der Waals surface area contributed by atoms with Crippen molar-refractivity contribution in [2.75, 3.05) is 11.9 Å². The first-order valence-corrected chi connectivity index (χ1v) is 5.58. The van der Waals surface area contributed by atoms with Gasteiger partial charge in [0.25, 0.3) is 5.56 Å². The van der Waals surface area contributed by atoms with Crippen molar-refractivity contribution < 1.29 is 5.11 Å². The third-order valence-electron chi connectivity index (χ3n) is 2.97. The molecular formula is C10H14ClN3O2. The maximum absolute atomic E-state index is 11.5. The molecule has 6 heteroatoms. The standard InChI is InChI=1S/C10H14ClN3O2/c1-14-9(15)8(11)7(5-13-14)12-6-10(16)3-2-4-10/h5,12,16H,2-4,6H2,1H3. The fourth-order valence-corrected chi connectivity index (χ4v) is 1.89. The third kappa shape index (κ3) is 2.05. The number of aromatic nitrogens is 2. The predicted molar refractivity (Wildman–Crippen MR) is 61.8 cm³/mol. The summed E-state index contributed by atoms with van der Waals surface area (Å²) in [5.41, 5.74) is -0.512. The highest BCUT2D eigenvalue weighted by Gasteiger charge is 2.34. The second-order valence-electron chi connectivity index (χ2n) is 4.23. The molecule has 0 spiro atoms. The van der Waals surface area contributed by atoms with Crippen molar-refractivity contribution in [3.8, 4) is 0 Å². The van der Waals surface area contributed by atoms with E-state index in [0.717, 1.165) is 19.3 Å². The second-order valence-corrected chi connectivity index (χ2v) is 4.61. The normalized spacial score (nSPS) is 17.9. The van der Waals surface area contributed by atoms with Gasteiger partial charge in [-0.3, -0.25) is 4.79 Å². The van der Waals surface area contributed by atoms with Crippen molar-refractivity contribution in [3.63, 3.8) is 0 Å². The molecule has 1 aliphatic rings. The van der Waals surface area contributed by atoms with Crippen molar-refractivity contribution in [1.29, 1.82) is 0 Å². The van der Waals surface area contributed by atoms with Crippen molar-refractivity contribution in [2.45, 2.75) is 24.9 Å². The molecule has 1 aromatic heterocycles. The van der Waals surface area contributed by atoms with Gasteiger partial charge in [0.15, 0.2) is 0 Å². The summed E-state index contributed by atoms with van der Waals surface area (Å²) in [4.78, 5) is 11.5. The van der Waals surface area contributed by atoms with Crippen LogP contribution in [-0.4, -0.2) is 27.0 Å². The molecule has 1 fully saturated rings. The predicted octanol–water partition coefficient (Wildman–Crippen LogP) is 0.761. The molecule has 0 aliphatic heterocycles. The van der Waals surface area contributed by atoms with Gasteiger partial charge in [0.05, 0.1) is 17.5 Å². The zero-order valence-corrected chi connectivity index (χ0v) is 9.79. The number of aryl methyl sites for hydroxylation is 1. The lowest BCUT2D eigenvalue weighted by atomic mass is 9.80. The highest BCUT2D eigenvalue weighted by molar-refractivity contribution is 6.32. The fraction of sp³-hybridized carbons (Fsp3) is 0.600. The maximum Gasteiger partial charge on any atom is 0.287 e. The van der Waals surface area contributed by atoms with Gasteiger partial charge in [-0.1, -0.05) is 11.6 Å². The Bertz CT molecular complexity index is 454. The molecular weight excluding hydrogens is 230 g/mol. The van der Waals surface area contributed by atoms with Crippen molar-refractivity contribution in [2.24, 2.45) is 7.05 Å². The van der Waals surface area contributed by atoms with Crippen LogP contribution in [0.25, 0.3) is 0 Å². The van der Waals surface area contributed by atoms with Crippen LogP contribution in [0.1, 0.15) is 19.3 Å². The van der Waals surface area contributed by atoms with Crippen LogP contribution in [0, 0.1) is 0 Å². The Morgan fingerprint density at radius 1 is 1.69 bits per heavy atom. The molecule has 1 aliphatic carbocycles. The van der Waals surface area contributed by atoms with Crippen molar-refractivity contribution >= 4 is 17.3 Å². The molecule has 88 valence electrons. The highest BCUT2D eigenvalue weighted by Crippen LogP contribution is 2.31. The largest absolute Gasteiger partial charge is 0.388 e. The van der Waals surface area contributed by atoms with E-state index in [9.17, 15) is 9.90 Å². The summed E-state index contributed by atoms with van der Waals surface area (Å²) in [7, 11) is 1.54. The van der Waals surface area contributed by atoms with Crippen molar-refractivity contribution in [1.82, 2.24) is 9.78 Å². The summed E-state index contributed by atoms with van der Waals surface area (Å²) < 4.78 is 1.17. The van der Waals surface area contributed by atoms with E-state index in [1.54, 1.807) is 0 Å². The number of hydrogen-bond donors (Lipinski definition) is 2. The van der Waals surface area contributed by atoms with Gasteiger partial charge < -0.3 is 10.4 Å². The van der Waals surface area contributed by atoms with Crippen LogP contribution >= 0.6 is 11.6 Å². The van der Waals surface area contributed by atoms with E-state index in [1.165, 1.54) is 17.9 Å². The zero-order valence-electron chi connectivity index (χ0n) is 9.03. The van der Waals surface area contributed by atoms with Gasteiger partial charge in [0.1, 0.15) is 5.02 Å². The molecule has 5 nitrogen and oxygen atoms in total. The lowest BCUT2D eigenvalue weighted by Crippen LogP contribution is -2.43. The van der Waals surface area contributed by atoms with E-state index in [-0.39, 0.29) is 10.6 Å². The number of aliphatic hydroxyl groups is 1. The number of rotatable bonds is 3. The first kappa shape index (κ1) is 11.4. The maximum atomic E-state index is 11.5. The molecule has 0 amide bonds. The van der Waals surface area contributed by atoms with Gasteiger partial charge in [-0.2, -0.15) is 5.10 Å². The van der Waals surface area contributed by atoms with Gasteiger partial charge >= 0.3 is 0 Å². The Balaban J connectivity index is 2.10. The molecule has 1 heterocycles. The van der Waals surface area contributed by atoms with Crippen molar-refractivity contribution in [3.05, 3.63) is 21.6 Å². The lowest BCUT2D eigenvalue weighted by molar-refractivity contribution is -0.0202. The quantitative estimate of drug-likeness (QED) is 0.823. The Hall–Kier alpha value is -1.07. The van der Waals surface area contributed by atoms with Gasteiger partial charge in [-0.05, 0) is 19.3 Å². The van der Waals surface area contributed by atoms with E-state index < -0.39 is 5.60 Å². The zero-order chi connectivity index (χ0) is 11.8. The first-order chi connectivity index (χ1) is 7.52. The molecule has 0 bridgehead atoms. The number of anilines is 1. The molecule has 2 rings (SSSR count). The second kappa shape index (κ2) is 4.07. The molecule has 0 unspecified atom stereocenters.